The highest BCUT2D eigenvalue weighted by Crippen LogP contribution is 2.21. The minimum atomic E-state index is -0.388. The maximum Gasteiger partial charge on any atom is 0.251 e. The Labute approximate surface area is 403 Å². The number of likely N-dealkylation sites (N-methyl/N-ethyl adjacent to an activating group) is 1. The quantitative estimate of drug-likeness (QED) is 0.0173. The largest absolute Gasteiger partial charge is 0.487 e. The molecule has 4 amide bonds. The number of ether oxygens (including phenoxy) is 2. The summed E-state index contributed by atoms with van der Waals surface area (Å²) in [6, 6.07) is 28.1. The van der Waals surface area contributed by atoms with Gasteiger partial charge in [0.1, 0.15) is 30.9 Å². The fraction of sp³-hybridized carbons (Fsp3) is 0.385. The van der Waals surface area contributed by atoms with Crippen LogP contribution < -0.4 is 31.7 Å². The molecule has 0 aliphatic rings. The molecule has 1 aromatic heterocycles. The van der Waals surface area contributed by atoms with E-state index in [0.717, 1.165) is 35.8 Å². The lowest BCUT2D eigenvalue weighted by atomic mass is 9.92. The number of nitrogens with two attached hydrogens (primary N) is 1. The van der Waals surface area contributed by atoms with Gasteiger partial charge in [-0.1, -0.05) is 86.6 Å². The van der Waals surface area contributed by atoms with Crippen LogP contribution >= 0.6 is 0 Å². The molecule has 1 unspecified atom stereocenters. The molecule has 0 saturated heterocycles. The predicted molar refractivity (Wildman–Crippen MR) is 263 cm³/mol. The minimum absolute atomic E-state index is 0.163. The topological polar surface area (TPSA) is 230 Å². The van der Waals surface area contributed by atoms with Crippen molar-refractivity contribution in [3.05, 3.63) is 148 Å². The third-order valence-corrected chi connectivity index (χ3v) is 11.0. The van der Waals surface area contributed by atoms with Gasteiger partial charge in [-0.05, 0) is 98.5 Å². The average molecular weight is 944 g/mol. The first kappa shape index (κ1) is 52.7. The number of carbonyl (C=O) groups excluding carboxylic acids is 5. The number of nitrogens with one attached hydrogen (secondary N) is 4. The van der Waals surface area contributed by atoms with Crippen molar-refractivity contribution in [2.75, 3.05) is 39.9 Å². The Balaban J connectivity index is 0.976. The van der Waals surface area contributed by atoms with E-state index in [0.29, 0.717) is 85.2 Å². The van der Waals surface area contributed by atoms with E-state index in [4.69, 9.17) is 20.0 Å². The number of oxime groups is 1. The molecule has 17 heteroatoms. The first-order valence-electron chi connectivity index (χ1n) is 22.9. The van der Waals surface area contributed by atoms with Crippen molar-refractivity contribution in [1.82, 2.24) is 36.3 Å². The molecule has 0 radical (unpaired) electrons. The molecule has 5 aromatic rings. The Morgan fingerprint density at radius 2 is 1.38 bits per heavy atom. The maximum absolute atomic E-state index is 13.1. The molecule has 366 valence electrons. The van der Waals surface area contributed by atoms with Crippen LogP contribution in [0.4, 0.5) is 0 Å². The molecule has 0 aliphatic heterocycles. The second-order valence-corrected chi connectivity index (χ2v) is 18.5. The first-order valence-corrected chi connectivity index (χ1v) is 22.9. The van der Waals surface area contributed by atoms with E-state index in [1.54, 1.807) is 84.7 Å². The summed E-state index contributed by atoms with van der Waals surface area (Å²) in [6.45, 7) is 12.7. The fourth-order valence-corrected chi connectivity index (χ4v) is 6.99. The van der Waals surface area contributed by atoms with Crippen molar-refractivity contribution in [3.8, 4) is 5.75 Å². The van der Waals surface area contributed by atoms with E-state index in [9.17, 15) is 24.0 Å². The van der Waals surface area contributed by atoms with Crippen LogP contribution in [0, 0.1) is 10.8 Å². The third-order valence-electron chi connectivity index (χ3n) is 11.0. The van der Waals surface area contributed by atoms with Gasteiger partial charge in [0.2, 0.25) is 5.91 Å². The van der Waals surface area contributed by atoms with Gasteiger partial charge in [-0.15, -0.1) is 5.10 Å². The minimum Gasteiger partial charge on any atom is -0.487 e. The smallest absolute Gasteiger partial charge is 0.251 e. The van der Waals surface area contributed by atoms with Crippen LogP contribution in [0.2, 0.25) is 0 Å². The van der Waals surface area contributed by atoms with E-state index in [1.807, 2.05) is 65.0 Å². The molecule has 0 saturated carbocycles. The number of rotatable bonds is 28. The number of aromatic nitrogens is 3. The van der Waals surface area contributed by atoms with Gasteiger partial charge >= 0.3 is 0 Å². The number of hydrogen-bond donors (Lipinski definition) is 5. The SMILES string of the molecule is CNC(CCCCNC(=O)c1cccc(CO/N=C(\C)c2ccc(C(=O)NCC(C)(C)COCC(C)(C)CNC(=O)c3cccc(OCc4cn(Cc5cccc(C=O)c5)nn4)c3)cc2)c1)C(N)=O. The molecule has 4 aromatic carbocycles. The normalized spacial score (nSPS) is 12.2. The van der Waals surface area contributed by atoms with Crippen molar-refractivity contribution in [2.45, 2.75) is 79.7 Å². The van der Waals surface area contributed by atoms with Crippen LogP contribution in [-0.2, 0) is 34.1 Å². The summed E-state index contributed by atoms with van der Waals surface area (Å²) in [7, 11) is 1.70. The van der Waals surface area contributed by atoms with Crippen molar-refractivity contribution in [1.29, 1.82) is 0 Å². The molecule has 1 atom stereocenters. The Hall–Kier alpha value is -7.24. The zero-order valence-electron chi connectivity index (χ0n) is 40.4. The van der Waals surface area contributed by atoms with Gasteiger partial charge in [0.15, 0.2) is 0 Å². The highest BCUT2D eigenvalue weighted by atomic mass is 16.6. The van der Waals surface area contributed by atoms with Crippen molar-refractivity contribution >= 4 is 35.6 Å². The summed E-state index contributed by atoms with van der Waals surface area (Å²) in [5.41, 5.74) is 10.4. The number of amides is 4. The zero-order valence-corrected chi connectivity index (χ0v) is 40.4. The van der Waals surface area contributed by atoms with Crippen LogP contribution in [0.3, 0.4) is 0 Å². The van der Waals surface area contributed by atoms with Crippen LogP contribution in [0.15, 0.2) is 108 Å². The van der Waals surface area contributed by atoms with Crippen molar-refractivity contribution in [2.24, 2.45) is 21.7 Å². The standard InChI is InChI=1S/C52H65N9O8/c1-36(59-69-30-39-14-10-15-42(25-39)49(65)55-23-8-7-18-46(54-6)47(53)63)40-19-21-41(22-20-40)48(64)56-32-51(2,3)34-67-35-52(4,5)33-57-50(66)43-16-11-17-45(26-43)68-31-44-28-61(60-58-44)27-37-12-9-13-38(24-37)29-62/h9-17,19-22,24-26,28-29,46,54H,7-8,18,23,27,30-35H2,1-6H3,(H2,53,63)(H,55,65)(H,56,64)(H,57,66)/b59-36+. The van der Waals surface area contributed by atoms with E-state index in [1.165, 1.54) is 0 Å². The third kappa shape index (κ3) is 17.7. The number of carbonyl (C=O) groups is 5. The van der Waals surface area contributed by atoms with Gasteiger partial charge in [-0.2, -0.15) is 0 Å². The summed E-state index contributed by atoms with van der Waals surface area (Å²) in [5.74, 6) is -0.518. The summed E-state index contributed by atoms with van der Waals surface area (Å²) < 4.78 is 13.7. The fourth-order valence-electron chi connectivity index (χ4n) is 6.99. The molecular weight excluding hydrogens is 879 g/mol. The zero-order chi connectivity index (χ0) is 49.8. The second kappa shape index (κ2) is 25.8. The number of aldehydes is 1. The molecule has 0 spiro atoms. The van der Waals surface area contributed by atoms with Crippen LogP contribution in [-0.4, -0.2) is 96.6 Å². The Morgan fingerprint density at radius 3 is 2.06 bits per heavy atom. The van der Waals surface area contributed by atoms with Gasteiger partial charge in [0, 0.05) is 52.7 Å². The number of hydrogen-bond acceptors (Lipinski definition) is 12. The number of nitrogens with zero attached hydrogens (tertiary/aromatic N) is 4. The average Bonchev–Trinajstić information content (AvgIpc) is 3.79. The molecule has 6 N–H and O–H groups in total. The molecule has 0 bridgehead atoms. The summed E-state index contributed by atoms with van der Waals surface area (Å²) in [6.07, 6.45) is 4.66. The second-order valence-electron chi connectivity index (χ2n) is 18.5. The molecule has 69 heavy (non-hydrogen) atoms. The van der Waals surface area contributed by atoms with Gasteiger partial charge in [0.25, 0.3) is 17.7 Å². The Morgan fingerprint density at radius 1 is 0.754 bits per heavy atom. The van der Waals surface area contributed by atoms with Crippen LogP contribution in [0.1, 0.15) is 118 Å². The van der Waals surface area contributed by atoms with Gasteiger partial charge in [-0.25, -0.2) is 4.68 Å². The van der Waals surface area contributed by atoms with Gasteiger partial charge in [-0.3, -0.25) is 24.0 Å². The molecule has 1 heterocycles. The van der Waals surface area contributed by atoms with Crippen molar-refractivity contribution in [3.63, 3.8) is 0 Å². The summed E-state index contributed by atoms with van der Waals surface area (Å²) in [5, 5.41) is 24.4. The summed E-state index contributed by atoms with van der Waals surface area (Å²) >= 11 is 0. The number of benzene rings is 4. The molecule has 0 fully saturated rings. The van der Waals surface area contributed by atoms with Gasteiger partial charge in [0.05, 0.1) is 37.7 Å². The lowest BCUT2D eigenvalue weighted by Crippen LogP contribution is -2.39. The highest BCUT2D eigenvalue weighted by molar-refractivity contribution is 6.00. The van der Waals surface area contributed by atoms with Gasteiger partial charge < -0.3 is 41.3 Å². The Bertz CT molecular complexity index is 2540. The molecular formula is C52H65N9O8. The van der Waals surface area contributed by atoms with Crippen LogP contribution in [0.5, 0.6) is 5.75 Å². The monoisotopic (exact) mass is 943 g/mol. The lowest BCUT2D eigenvalue weighted by Gasteiger charge is -2.29. The van der Waals surface area contributed by atoms with Crippen molar-refractivity contribution < 1.29 is 38.3 Å². The predicted octanol–water partition coefficient (Wildman–Crippen LogP) is 5.86. The maximum atomic E-state index is 13.1. The van der Waals surface area contributed by atoms with Crippen LogP contribution in [0.25, 0.3) is 0 Å². The molecule has 0 aliphatic carbocycles. The highest BCUT2D eigenvalue weighted by Gasteiger charge is 2.25. The molecule has 17 nitrogen and oxygen atoms in total. The van der Waals surface area contributed by atoms with E-state index < -0.39 is 0 Å². The summed E-state index contributed by atoms with van der Waals surface area (Å²) in [4.78, 5) is 67.0. The number of unbranched alkanes of at least 4 members (excludes halogenated alkanes) is 1. The number of primary amides is 1. The van der Waals surface area contributed by atoms with E-state index in [2.05, 4.69) is 36.7 Å². The Kier molecular flexibility index (Phi) is 19.7. The first-order chi connectivity index (χ1) is 33.0. The van der Waals surface area contributed by atoms with E-state index in [-0.39, 0.29) is 53.7 Å². The van der Waals surface area contributed by atoms with E-state index >= 15 is 0 Å². The molecule has 5 rings (SSSR count). The lowest BCUT2D eigenvalue weighted by molar-refractivity contribution is -0.120.